The third-order valence-corrected chi connectivity index (χ3v) is 3.86. The van der Waals surface area contributed by atoms with Crippen molar-refractivity contribution in [2.75, 3.05) is 0 Å². The summed E-state index contributed by atoms with van der Waals surface area (Å²) in [5.41, 5.74) is 1.33. The molecule has 3 rings (SSSR count). The van der Waals surface area contributed by atoms with Gasteiger partial charge in [0, 0.05) is 11.8 Å². The van der Waals surface area contributed by atoms with Gasteiger partial charge in [-0.1, -0.05) is 42.5 Å². The number of carbonyl (C=O) groups is 1. The molecule has 0 aromatic heterocycles. The molecule has 1 fully saturated rings. The van der Waals surface area contributed by atoms with Crippen molar-refractivity contribution in [2.45, 2.75) is 12.3 Å². The lowest BCUT2D eigenvalue weighted by atomic mass is 9.79. The van der Waals surface area contributed by atoms with Gasteiger partial charge in [0.2, 0.25) is 0 Å². The maximum absolute atomic E-state index is 11.1. The van der Waals surface area contributed by atoms with Crippen LogP contribution < -0.4 is 0 Å². The van der Waals surface area contributed by atoms with Crippen molar-refractivity contribution >= 4 is 6.29 Å². The molecule has 1 heteroatoms. The molecule has 1 aromatic rings. The van der Waals surface area contributed by atoms with Gasteiger partial charge in [-0.2, -0.15) is 0 Å². The number of aldehydes is 1. The molecule has 0 radical (unpaired) electrons. The normalized spacial score (nSPS) is 37.1. The minimum atomic E-state index is 0.211. The Morgan fingerprint density at radius 3 is 2.53 bits per heavy atom. The molecule has 0 amide bonds. The minimum absolute atomic E-state index is 0.211. The van der Waals surface area contributed by atoms with E-state index in [0.29, 0.717) is 17.8 Å². The Labute approximate surface area is 89.8 Å². The van der Waals surface area contributed by atoms with Crippen molar-refractivity contribution in [1.29, 1.82) is 0 Å². The van der Waals surface area contributed by atoms with Gasteiger partial charge in [0.25, 0.3) is 0 Å². The van der Waals surface area contributed by atoms with Crippen LogP contribution >= 0.6 is 0 Å². The maximum Gasteiger partial charge on any atom is 0.124 e. The highest BCUT2D eigenvalue weighted by molar-refractivity contribution is 5.59. The Morgan fingerprint density at radius 2 is 1.80 bits per heavy atom. The number of allylic oxidation sites excluding steroid dienone is 2. The van der Waals surface area contributed by atoms with E-state index in [1.165, 1.54) is 12.0 Å². The van der Waals surface area contributed by atoms with E-state index in [4.69, 9.17) is 0 Å². The van der Waals surface area contributed by atoms with Crippen molar-refractivity contribution in [3.63, 3.8) is 0 Å². The Balaban J connectivity index is 1.99. The predicted octanol–water partition coefficient (Wildman–Crippen LogP) is 2.79. The highest BCUT2D eigenvalue weighted by Crippen LogP contribution is 2.51. The van der Waals surface area contributed by atoms with Gasteiger partial charge in [0.15, 0.2) is 0 Å². The molecule has 0 heterocycles. The zero-order valence-corrected chi connectivity index (χ0v) is 8.54. The van der Waals surface area contributed by atoms with Crippen molar-refractivity contribution < 1.29 is 4.79 Å². The van der Waals surface area contributed by atoms with Gasteiger partial charge in [0.05, 0.1) is 0 Å². The largest absolute Gasteiger partial charge is 0.303 e. The van der Waals surface area contributed by atoms with E-state index >= 15 is 0 Å². The second-order valence-corrected chi connectivity index (χ2v) is 4.60. The smallest absolute Gasteiger partial charge is 0.124 e. The fraction of sp³-hybridized carbons (Fsp3) is 0.357. The van der Waals surface area contributed by atoms with Crippen molar-refractivity contribution in [3.8, 4) is 0 Å². The molecule has 0 aliphatic heterocycles. The van der Waals surface area contributed by atoms with Gasteiger partial charge < -0.3 is 4.79 Å². The molecule has 0 N–H and O–H groups in total. The topological polar surface area (TPSA) is 17.1 Å². The first-order valence-corrected chi connectivity index (χ1v) is 5.58. The Hall–Kier alpha value is -1.37. The third-order valence-electron chi connectivity index (χ3n) is 3.86. The molecule has 2 bridgehead atoms. The van der Waals surface area contributed by atoms with Crippen molar-refractivity contribution in [1.82, 2.24) is 0 Å². The molecule has 1 aromatic carbocycles. The average Bonchev–Trinajstić information content (AvgIpc) is 2.89. The van der Waals surface area contributed by atoms with Gasteiger partial charge in [-0.3, -0.25) is 0 Å². The Morgan fingerprint density at radius 1 is 1.07 bits per heavy atom. The molecule has 1 saturated carbocycles. The number of hydrogen-bond acceptors (Lipinski definition) is 1. The molecule has 2 aliphatic rings. The first kappa shape index (κ1) is 8.90. The summed E-state index contributed by atoms with van der Waals surface area (Å²) in [5.74, 6) is 1.73. The van der Waals surface area contributed by atoms with Crippen molar-refractivity contribution in [2.24, 2.45) is 17.8 Å². The van der Waals surface area contributed by atoms with E-state index in [1.54, 1.807) is 0 Å². The Bertz CT molecular complexity index is 393. The van der Waals surface area contributed by atoms with E-state index in [2.05, 4.69) is 36.4 Å². The molecule has 4 atom stereocenters. The van der Waals surface area contributed by atoms with E-state index in [-0.39, 0.29) is 5.92 Å². The average molecular weight is 198 g/mol. The summed E-state index contributed by atoms with van der Waals surface area (Å²) < 4.78 is 0. The molecule has 2 aliphatic carbocycles. The third kappa shape index (κ3) is 1.26. The summed E-state index contributed by atoms with van der Waals surface area (Å²) >= 11 is 0. The van der Waals surface area contributed by atoms with Crippen LogP contribution in [0.2, 0.25) is 0 Å². The van der Waals surface area contributed by atoms with Gasteiger partial charge in [-0.05, 0) is 23.8 Å². The monoisotopic (exact) mass is 198 g/mol. The quantitative estimate of drug-likeness (QED) is 0.527. The van der Waals surface area contributed by atoms with Crippen LogP contribution in [0.3, 0.4) is 0 Å². The van der Waals surface area contributed by atoms with Crippen LogP contribution in [0, 0.1) is 17.8 Å². The zero-order valence-electron chi connectivity index (χ0n) is 8.54. The summed E-state index contributed by atoms with van der Waals surface area (Å²) in [5, 5.41) is 0. The van der Waals surface area contributed by atoms with Crippen LogP contribution in [0.1, 0.15) is 17.9 Å². The summed E-state index contributed by atoms with van der Waals surface area (Å²) in [6.45, 7) is 0. The van der Waals surface area contributed by atoms with Crippen LogP contribution in [-0.2, 0) is 4.79 Å². The zero-order chi connectivity index (χ0) is 10.3. The predicted molar refractivity (Wildman–Crippen MR) is 59.5 cm³/mol. The van der Waals surface area contributed by atoms with E-state index in [9.17, 15) is 4.79 Å². The molecule has 1 nitrogen and oxygen atoms in total. The minimum Gasteiger partial charge on any atom is -0.303 e. The van der Waals surface area contributed by atoms with Crippen LogP contribution in [0.25, 0.3) is 0 Å². The number of benzene rings is 1. The molecular formula is C14H14O. The summed E-state index contributed by atoms with van der Waals surface area (Å²) in [6.07, 6.45) is 6.85. The lowest BCUT2D eigenvalue weighted by Gasteiger charge is -2.24. The SMILES string of the molecule is O=CC1C2C=CC(C2)[C@@H]1c1ccccc1. The maximum atomic E-state index is 11.1. The standard InChI is InChI=1S/C14H14O/c15-9-13-11-6-7-12(8-11)14(13)10-4-2-1-3-5-10/h1-7,9,11-14H,8H2/t11?,12?,13?,14-/m0/s1. The molecule has 3 unspecified atom stereocenters. The van der Waals surface area contributed by atoms with E-state index < -0.39 is 0 Å². The number of hydrogen-bond donors (Lipinski definition) is 0. The molecule has 0 saturated heterocycles. The van der Waals surface area contributed by atoms with Crippen LogP contribution in [0.15, 0.2) is 42.5 Å². The van der Waals surface area contributed by atoms with Gasteiger partial charge >= 0.3 is 0 Å². The second kappa shape index (κ2) is 3.34. The lowest BCUT2D eigenvalue weighted by molar-refractivity contribution is -0.112. The van der Waals surface area contributed by atoms with Gasteiger partial charge in [0.1, 0.15) is 6.29 Å². The summed E-state index contributed by atoms with van der Waals surface area (Å²) in [4.78, 5) is 11.1. The number of carbonyl (C=O) groups excluding carboxylic acids is 1. The second-order valence-electron chi connectivity index (χ2n) is 4.60. The molecule has 76 valence electrons. The van der Waals surface area contributed by atoms with E-state index in [1.807, 2.05) is 6.07 Å². The number of rotatable bonds is 2. The van der Waals surface area contributed by atoms with Gasteiger partial charge in [-0.15, -0.1) is 0 Å². The Kier molecular flexibility index (Phi) is 1.98. The van der Waals surface area contributed by atoms with E-state index in [0.717, 1.165) is 6.29 Å². The fourth-order valence-electron chi connectivity index (χ4n) is 3.19. The highest BCUT2D eigenvalue weighted by Gasteiger charge is 2.44. The first-order valence-electron chi connectivity index (χ1n) is 5.58. The van der Waals surface area contributed by atoms with Crippen LogP contribution in [0.4, 0.5) is 0 Å². The number of fused-ring (bicyclic) bond motifs is 2. The fourth-order valence-corrected chi connectivity index (χ4v) is 3.19. The van der Waals surface area contributed by atoms with Crippen LogP contribution in [-0.4, -0.2) is 6.29 Å². The van der Waals surface area contributed by atoms with Crippen molar-refractivity contribution in [3.05, 3.63) is 48.0 Å². The first-order chi connectivity index (χ1) is 7.40. The highest BCUT2D eigenvalue weighted by atomic mass is 16.1. The lowest BCUT2D eigenvalue weighted by Crippen LogP contribution is -2.18. The van der Waals surface area contributed by atoms with Gasteiger partial charge in [-0.25, -0.2) is 0 Å². The van der Waals surface area contributed by atoms with Crippen LogP contribution in [0.5, 0.6) is 0 Å². The summed E-state index contributed by atoms with van der Waals surface area (Å²) in [7, 11) is 0. The summed E-state index contributed by atoms with van der Waals surface area (Å²) in [6, 6.07) is 10.5. The molecule has 15 heavy (non-hydrogen) atoms. The molecule has 0 spiro atoms. The molecular weight excluding hydrogens is 184 g/mol.